The number of benzene rings is 2. The van der Waals surface area contributed by atoms with E-state index in [9.17, 15) is 4.79 Å². The Hall–Kier alpha value is -3.46. The maximum atomic E-state index is 12.1. The van der Waals surface area contributed by atoms with E-state index in [0.717, 1.165) is 36.0 Å². The Morgan fingerprint density at radius 3 is 2.17 bits per heavy atom. The second kappa shape index (κ2) is 11.4. The molecule has 1 aromatic heterocycles. The van der Waals surface area contributed by atoms with Gasteiger partial charge in [0.2, 0.25) is 5.91 Å². The molecule has 2 aromatic carbocycles. The normalized spacial score (nSPS) is 10.6. The van der Waals surface area contributed by atoms with E-state index in [2.05, 4.69) is 40.6 Å². The summed E-state index contributed by atoms with van der Waals surface area (Å²) in [7, 11) is 0. The monoisotopic (exact) mass is 382 g/mol. The SMILES string of the molecule is O=C(/C=C\C=C(c1ccccc1)c1ccccc1)NCCCCc1cccnc1. The van der Waals surface area contributed by atoms with Crippen molar-refractivity contribution >= 4 is 11.5 Å². The van der Waals surface area contributed by atoms with Crippen LogP contribution in [-0.2, 0) is 11.2 Å². The van der Waals surface area contributed by atoms with E-state index >= 15 is 0 Å². The van der Waals surface area contributed by atoms with Crippen LogP contribution in [0.1, 0.15) is 29.5 Å². The Bertz CT molecular complexity index is 891. The molecule has 0 saturated carbocycles. The Labute approximate surface area is 172 Å². The van der Waals surface area contributed by atoms with E-state index in [4.69, 9.17) is 0 Å². The van der Waals surface area contributed by atoms with Crippen LogP contribution in [0.25, 0.3) is 5.57 Å². The predicted octanol–water partition coefficient (Wildman–Crippen LogP) is 5.21. The quantitative estimate of drug-likeness (QED) is 0.314. The van der Waals surface area contributed by atoms with Crippen LogP contribution < -0.4 is 5.32 Å². The first kappa shape index (κ1) is 20.3. The summed E-state index contributed by atoms with van der Waals surface area (Å²) >= 11 is 0. The van der Waals surface area contributed by atoms with Crippen LogP contribution in [0.3, 0.4) is 0 Å². The van der Waals surface area contributed by atoms with Crippen LogP contribution in [-0.4, -0.2) is 17.4 Å². The molecule has 3 nitrogen and oxygen atoms in total. The Morgan fingerprint density at radius 1 is 0.862 bits per heavy atom. The molecule has 0 radical (unpaired) electrons. The highest BCUT2D eigenvalue weighted by Crippen LogP contribution is 2.23. The molecule has 0 spiro atoms. The smallest absolute Gasteiger partial charge is 0.243 e. The molecule has 3 heteroatoms. The first-order chi connectivity index (χ1) is 14.3. The lowest BCUT2D eigenvalue weighted by Gasteiger charge is -2.07. The summed E-state index contributed by atoms with van der Waals surface area (Å²) in [6.07, 6.45) is 12.0. The molecule has 0 aliphatic heterocycles. The van der Waals surface area contributed by atoms with Crippen molar-refractivity contribution in [1.29, 1.82) is 0 Å². The van der Waals surface area contributed by atoms with Gasteiger partial charge in [0.05, 0.1) is 0 Å². The standard InChI is InChI=1S/C26H26N2O/c29-26(28-20-8-7-11-22-12-10-19-27-21-22)18-9-17-25(23-13-3-1-4-14-23)24-15-5-2-6-16-24/h1-6,9-10,12-19,21H,7-8,11,20H2,(H,28,29)/b18-9-. The number of nitrogens with zero attached hydrogens (tertiary/aromatic N) is 1. The number of amides is 1. The number of pyridine rings is 1. The topological polar surface area (TPSA) is 42.0 Å². The third-order valence-corrected chi connectivity index (χ3v) is 4.59. The Morgan fingerprint density at radius 2 is 1.55 bits per heavy atom. The summed E-state index contributed by atoms with van der Waals surface area (Å²) in [6, 6.07) is 24.4. The van der Waals surface area contributed by atoms with Crippen molar-refractivity contribution in [1.82, 2.24) is 10.3 Å². The van der Waals surface area contributed by atoms with Crippen LogP contribution in [0.5, 0.6) is 0 Å². The number of unbranched alkanes of at least 4 members (excludes halogenated alkanes) is 1. The summed E-state index contributed by atoms with van der Waals surface area (Å²) in [5.41, 5.74) is 4.57. The van der Waals surface area contributed by atoms with Crippen molar-refractivity contribution in [2.45, 2.75) is 19.3 Å². The lowest BCUT2D eigenvalue weighted by atomic mass is 9.97. The minimum atomic E-state index is -0.0666. The van der Waals surface area contributed by atoms with Gasteiger partial charge in [-0.2, -0.15) is 0 Å². The second-order valence-corrected chi connectivity index (χ2v) is 6.78. The molecule has 3 rings (SSSR count). The molecule has 0 fully saturated rings. The molecule has 3 aromatic rings. The van der Waals surface area contributed by atoms with Crippen molar-refractivity contribution in [3.05, 3.63) is 120 Å². The van der Waals surface area contributed by atoms with Gasteiger partial charge in [-0.15, -0.1) is 0 Å². The van der Waals surface area contributed by atoms with Gasteiger partial charge in [-0.1, -0.05) is 78.9 Å². The lowest BCUT2D eigenvalue weighted by molar-refractivity contribution is -0.116. The third kappa shape index (κ3) is 6.89. The van der Waals surface area contributed by atoms with Gasteiger partial charge >= 0.3 is 0 Å². The lowest BCUT2D eigenvalue weighted by Crippen LogP contribution is -2.22. The van der Waals surface area contributed by atoms with Gasteiger partial charge in [0.15, 0.2) is 0 Å². The highest BCUT2D eigenvalue weighted by atomic mass is 16.1. The van der Waals surface area contributed by atoms with Gasteiger partial charge in [0, 0.05) is 25.0 Å². The van der Waals surface area contributed by atoms with Gasteiger partial charge in [0.1, 0.15) is 0 Å². The zero-order valence-electron chi connectivity index (χ0n) is 16.5. The molecule has 0 saturated heterocycles. The van der Waals surface area contributed by atoms with Crippen LogP contribution >= 0.6 is 0 Å². The number of nitrogens with one attached hydrogen (secondary N) is 1. The molecule has 0 aliphatic rings. The molecular formula is C26H26N2O. The summed E-state index contributed by atoms with van der Waals surface area (Å²) in [6.45, 7) is 0.678. The minimum absolute atomic E-state index is 0.0666. The van der Waals surface area contributed by atoms with E-state index in [1.165, 1.54) is 5.56 Å². The van der Waals surface area contributed by atoms with Gasteiger partial charge < -0.3 is 5.32 Å². The summed E-state index contributed by atoms with van der Waals surface area (Å²) in [4.78, 5) is 16.2. The molecule has 0 bridgehead atoms. The number of carbonyl (C=O) groups excluding carboxylic acids is 1. The first-order valence-electron chi connectivity index (χ1n) is 9.99. The molecule has 0 aliphatic carbocycles. The Balaban J connectivity index is 1.51. The molecule has 0 unspecified atom stereocenters. The number of aromatic nitrogens is 1. The highest BCUT2D eigenvalue weighted by molar-refractivity contribution is 5.88. The first-order valence-corrected chi connectivity index (χ1v) is 9.99. The maximum Gasteiger partial charge on any atom is 0.243 e. The summed E-state index contributed by atoms with van der Waals surface area (Å²) in [5, 5.41) is 2.95. The van der Waals surface area contributed by atoms with E-state index in [-0.39, 0.29) is 5.91 Å². The second-order valence-electron chi connectivity index (χ2n) is 6.78. The van der Waals surface area contributed by atoms with Gasteiger partial charge in [-0.25, -0.2) is 0 Å². The van der Waals surface area contributed by atoms with Crippen LogP contribution in [0, 0.1) is 0 Å². The van der Waals surface area contributed by atoms with Crippen molar-refractivity contribution < 1.29 is 4.79 Å². The van der Waals surface area contributed by atoms with Crippen molar-refractivity contribution in [3.8, 4) is 0 Å². The molecule has 146 valence electrons. The van der Waals surface area contributed by atoms with E-state index < -0.39 is 0 Å². The fourth-order valence-corrected chi connectivity index (χ4v) is 3.10. The summed E-state index contributed by atoms with van der Waals surface area (Å²) < 4.78 is 0. The number of carbonyl (C=O) groups is 1. The van der Waals surface area contributed by atoms with Crippen molar-refractivity contribution in [3.63, 3.8) is 0 Å². The van der Waals surface area contributed by atoms with E-state index in [1.807, 2.05) is 60.8 Å². The zero-order chi connectivity index (χ0) is 20.2. The number of allylic oxidation sites excluding steroid dienone is 2. The van der Waals surface area contributed by atoms with Crippen LogP contribution in [0.2, 0.25) is 0 Å². The summed E-state index contributed by atoms with van der Waals surface area (Å²) in [5.74, 6) is -0.0666. The van der Waals surface area contributed by atoms with Crippen molar-refractivity contribution in [2.24, 2.45) is 0 Å². The maximum absolute atomic E-state index is 12.1. The van der Waals surface area contributed by atoms with E-state index in [1.54, 1.807) is 12.3 Å². The largest absolute Gasteiger partial charge is 0.353 e. The number of hydrogen-bond acceptors (Lipinski definition) is 2. The van der Waals surface area contributed by atoms with Crippen LogP contribution in [0.4, 0.5) is 0 Å². The van der Waals surface area contributed by atoms with E-state index in [0.29, 0.717) is 6.54 Å². The molecular weight excluding hydrogens is 356 g/mol. The van der Waals surface area contributed by atoms with Crippen LogP contribution in [0.15, 0.2) is 103 Å². The highest BCUT2D eigenvalue weighted by Gasteiger charge is 2.03. The molecule has 1 N–H and O–H groups in total. The predicted molar refractivity (Wildman–Crippen MR) is 119 cm³/mol. The Kier molecular flexibility index (Phi) is 7.97. The fourth-order valence-electron chi connectivity index (χ4n) is 3.10. The number of aryl methyl sites for hydroxylation is 1. The van der Waals surface area contributed by atoms with Crippen molar-refractivity contribution in [2.75, 3.05) is 6.54 Å². The minimum Gasteiger partial charge on any atom is -0.353 e. The number of rotatable bonds is 9. The fraction of sp³-hybridized carbons (Fsp3) is 0.154. The molecule has 29 heavy (non-hydrogen) atoms. The molecule has 0 atom stereocenters. The van der Waals surface area contributed by atoms with Gasteiger partial charge in [-0.3, -0.25) is 9.78 Å². The van der Waals surface area contributed by atoms with Gasteiger partial charge in [0.25, 0.3) is 0 Å². The molecule has 1 amide bonds. The number of hydrogen-bond donors (Lipinski definition) is 1. The average molecular weight is 383 g/mol. The third-order valence-electron chi connectivity index (χ3n) is 4.59. The molecule has 1 heterocycles. The zero-order valence-corrected chi connectivity index (χ0v) is 16.5. The van der Waals surface area contributed by atoms with Gasteiger partial charge in [-0.05, 0) is 47.6 Å². The average Bonchev–Trinajstić information content (AvgIpc) is 2.78.